The molecule has 2 aromatic carbocycles. The van der Waals surface area contributed by atoms with Crippen molar-refractivity contribution in [3.8, 4) is 5.75 Å². The smallest absolute Gasteiger partial charge is 0.336 e. The van der Waals surface area contributed by atoms with Crippen molar-refractivity contribution in [3.05, 3.63) is 83.3 Å². The number of hydrogen-bond acceptors (Lipinski definition) is 7. The van der Waals surface area contributed by atoms with E-state index in [-0.39, 0.29) is 23.7 Å². The lowest BCUT2D eigenvalue weighted by molar-refractivity contribution is -0.130. The molecule has 0 aliphatic heterocycles. The lowest BCUT2D eigenvalue weighted by atomic mass is 9.91. The van der Waals surface area contributed by atoms with Crippen molar-refractivity contribution in [1.82, 2.24) is 8.75 Å². The van der Waals surface area contributed by atoms with Crippen LogP contribution in [-0.4, -0.2) is 31.7 Å². The van der Waals surface area contributed by atoms with E-state index in [2.05, 4.69) is 8.75 Å². The molecular weight excluding hydrogens is 428 g/mol. The van der Waals surface area contributed by atoms with Crippen LogP contribution in [0.2, 0.25) is 0 Å². The van der Waals surface area contributed by atoms with Gasteiger partial charge in [-0.1, -0.05) is 6.07 Å². The third-order valence-electron chi connectivity index (χ3n) is 4.75. The van der Waals surface area contributed by atoms with Crippen molar-refractivity contribution >= 4 is 40.1 Å². The number of allylic oxidation sites excluding steroid dienone is 1. The topological polar surface area (TPSA) is 103 Å². The first-order valence-corrected chi connectivity index (χ1v) is 10.7. The van der Waals surface area contributed by atoms with Crippen LogP contribution in [0.4, 0.5) is 0 Å². The number of fused-ring (bicyclic) bond motifs is 1. The Morgan fingerprint density at radius 1 is 1.03 bits per heavy atom. The number of hydrogen-bond donors (Lipinski definition) is 1. The van der Waals surface area contributed by atoms with E-state index in [0.29, 0.717) is 33.7 Å². The molecule has 7 nitrogen and oxygen atoms in total. The van der Waals surface area contributed by atoms with Crippen molar-refractivity contribution in [2.75, 3.05) is 0 Å². The molecule has 4 aromatic rings. The van der Waals surface area contributed by atoms with Gasteiger partial charge in [0.15, 0.2) is 5.78 Å². The summed E-state index contributed by atoms with van der Waals surface area (Å²) in [5.74, 6) is -0.482. The van der Waals surface area contributed by atoms with E-state index in [1.165, 1.54) is 6.26 Å². The fourth-order valence-corrected chi connectivity index (χ4v) is 3.88. The highest BCUT2D eigenvalue weighted by atomic mass is 32.1. The van der Waals surface area contributed by atoms with E-state index in [1.807, 2.05) is 13.8 Å². The second-order valence-corrected chi connectivity index (χ2v) is 7.93. The maximum Gasteiger partial charge on any atom is 0.336 e. The predicted octanol–water partition coefficient (Wildman–Crippen LogP) is 5.04. The number of ether oxygens (including phenoxy) is 1. The van der Waals surface area contributed by atoms with Gasteiger partial charge in [0.05, 0.1) is 29.7 Å². The molecule has 0 unspecified atom stereocenters. The van der Waals surface area contributed by atoms with Crippen molar-refractivity contribution < 1.29 is 23.8 Å². The molecule has 0 amide bonds. The van der Waals surface area contributed by atoms with Crippen LogP contribution in [-0.2, 0) is 11.2 Å². The highest BCUT2D eigenvalue weighted by Gasteiger charge is 2.25. The Morgan fingerprint density at radius 2 is 1.75 bits per heavy atom. The van der Waals surface area contributed by atoms with E-state index in [0.717, 1.165) is 11.7 Å². The van der Waals surface area contributed by atoms with Crippen molar-refractivity contribution in [3.63, 3.8) is 0 Å². The Balaban J connectivity index is 1.82. The molecule has 32 heavy (non-hydrogen) atoms. The van der Waals surface area contributed by atoms with Gasteiger partial charge < -0.3 is 14.3 Å². The zero-order valence-electron chi connectivity index (χ0n) is 17.4. The van der Waals surface area contributed by atoms with Gasteiger partial charge >= 0.3 is 5.97 Å². The fourth-order valence-electron chi connectivity index (χ4n) is 3.37. The van der Waals surface area contributed by atoms with Gasteiger partial charge in [0.2, 0.25) is 0 Å². The molecule has 0 radical (unpaired) electrons. The lowest BCUT2D eigenvalue weighted by Gasteiger charge is -2.13. The van der Waals surface area contributed by atoms with E-state index in [1.54, 1.807) is 54.6 Å². The minimum absolute atomic E-state index is 0.000282. The van der Waals surface area contributed by atoms with Gasteiger partial charge in [-0.15, -0.1) is 0 Å². The van der Waals surface area contributed by atoms with Gasteiger partial charge in [0, 0.05) is 17.6 Å². The summed E-state index contributed by atoms with van der Waals surface area (Å²) < 4.78 is 19.4. The van der Waals surface area contributed by atoms with Crippen molar-refractivity contribution in [1.29, 1.82) is 0 Å². The number of ketones is 1. The van der Waals surface area contributed by atoms with Crippen molar-refractivity contribution in [2.45, 2.75) is 26.4 Å². The molecule has 1 N–H and O–H groups in total. The standard InChI is InChI=1S/C24H20N2O5S/c1-14(2)31-17-8-5-15(6-9-17)23(27)19(13-18-4-3-11-30-18)22(24(28)29)16-7-10-20-21(12-16)26-32-25-20/h3-12,14H,13H2,1-2H3,(H,28,29). The third-order valence-corrected chi connectivity index (χ3v) is 5.31. The highest BCUT2D eigenvalue weighted by molar-refractivity contribution is 7.00. The maximum atomic E-state index is 13.5. The number of rotatable bonds is 8. The number of Topliss-reactive ketones (excluding diaryl/α,β-unsaturated/α-hetero) is 1. The zero-order valence-corrected chi connectivity index (χ0v) is 18.3. The first-order chi connectivity index (χ1) is 15.4. The number of benzene rings is 2. The van der Waals surface area contributed by atoms with Gasteiger partial charge in [-0.05, 0) is 67.9 Å². The second kappa shape index (κ2) is 9.15. The number of aliphatic carboxylic acids is 1. The van der Waals surface area contributed by atoms with Crippen molar-refractivity contribution in [2.24, 2.45) is 0 Å². The van der Waals surface area contributed by atoms with Gasteiger partial charge in [-0.25, -0.2) is 4.79 Å². The average molecular weight is 449 g/mol. The molecule has 0 spiro atoms. The lowest BCUT2D eigenvalue weighted by Crippen LogP contribution is -2.14. The molecule has 2 heterocycles. The largest absolute Gasteiger partial charge is 0.491 e. The van der Waals surface area contributed by atoms with Crippen LogP contribution in [0.25, 0.3) is 16.6 Å². The number of carbonyl (C=O) groups is 2. The highest BCUT2D eigenvalue weighted by Crippen LogP contribution is 2.28. The van der Waals surface area contributed by atoms with Gasteiger partial charge in [0.1, 0.15) is 22.5 Å². The number of aromatic nitrogens is 2. The molecule has 0 aliphatic rings. The average Bonchev–Trinajstić information content (AvgIpc) is 3.44. The molecule has 162 valence electrons. The Bertz CT molecular complexity index is 1290. The molecule has 0 aliphatic carbocycles. The summed E-state index contributed by atoms with van der Waals surface area (Å²) >= 11 is 1.05. The summed E-state index contributed by atoms with van der Waals surface area (Å²) in [7, 11) is 0. The maximum absolute atomic E-state index is 13.5. The molecule has 0 fully saturated rings. The quantitative estimate of drug-likeness (QED) is 0.298. The van der Waals surface area contributed by atoms with Crippen LogP contribution in [0.1, 0.15) is 35.5 Å². The summed E-state index contributed by atoms with van der Waals surface area (Å²) in [5.41, 5.74) is 2.01. The van der Waals surface area contributed by atoms with Crippen LogP contribution in [0.3, 0.4) is 0 Å². The first kappa shape index (κ1) is 21.5. The van der Waals surface area contributed by atoms with Crippen LogP contribution < -0.4 is 4.74 Å². The first-order valence-electron chi connectivity index (χ1n) is 9.95. The van der Waals surface area contributed by atoms with Gasteiger partial charge in [-0.2, -0.15) is 8.75 Å². The van der Waals surface area contributed by atoms with E-state index < -0.39 is 11.8 Å². The molecule has 0 atom stereocenters. The number of nitrogens with zero attached hydrogens (tertiary/aromatic N) is 2. The van der Waals surface area contributed by atoms with E-state index in [9.17, 15) is 14.7 Å². The van der Waals surface area contributed by atoms with Gasteiger partial charge in [0.25, 0.3) is 0 Å². The van der Waals surface area contributed by atoms with Crippen LogP contribution in [0, 0.1) is 0 Å². The summed E-state index contributed by atoms with van der Waals surface area (Å²) in [6.07, 6.45) is 1.52. The van der Waals surface area contributed by atoms with Gasteiger partial charge in [-0.3, -0.25) is 4.79 Å². The summed E-state index contributed by atoms with van der Waals surface area (Å²) in [4.78, 5) is 25.9. The van der Waals surface area contributed by atoms with E-state index in [4.69, 9.17) is 9.15 Å². The number of carboxylic acid groups (broad SMARTS) is 1. The fraction of sp³-hybridized carbons (Fsp3) is 0.167. The summed E-state index contributed by atoms with van der Waals surface area (Å²) in [6, 6.07) is 15.0. The molecular formula is C24H20N2O5S. The monoisotopic (exact) mass is 448 g/mol. The SMILES string of the molecule is CC(C)Oc1ccc(C(=O)C(Cc2ccco2)=C(C(=O)O)c2ccc3nsnc3c2)cc1. The normalized spacial score (nSPS) is 12.1. The summed E-state index contributed by atoms with van der Waals surface area (Å²) in [6.45, 7) is 3.83. The number of furan rings is 1. The number of carbonyl (C=O) groups excluding carboxylic acids is 1. The van der Waals surface area contributed by atoms with Crippen LogP contribution >= 0.6 is 11.7 Å². The third kappa shape index (κ3) is 4.60. The molecule has 0 saturated heterocycles. The predicted molar refractivity (Wildman–Crippen MR) is 121 cm³/mol. The molecule has 0 bridgehead atoms. The Hall–Kier alpha value is -3.78. The number of carboxylic acids is 1. The molecule has 8 heteroatoms. The second-order valence-electron chi connectivity index (χ2n) is 7.40. The minimum atomic E-state index is -1.21. The van der Waals surface area contributed by atoms with E-state index >= 15 is 0 Å². The Kier molecular flexibility index (Phi) is 6.13. The zero-order chi connectivity index (χ0) is 22.7. The summed E-state index contributed by atoms with van der Waals surface area (Å²) in [5, 5.41) is 10.1. The van der Waals surface area contributed by atoms with Crippen LogP contribution in [0.5, 0.6) is 5.75 Å². The van der Waals surface area contributed by atoms with Crippen LogP contribution in [0.15, 0.2) is 70.9 Å². The molecule has 4 rings (SSSR count). The molecule has 2 aromatic heterocycles. The minimum Gasteiger partial charge on any atom is -0.491 e. The Labute approximate surface area is 188 Å². The molecule has 0 saturated carbocycles. The Morgan fingerprint density at radius 3 is 2.41 bits per heavy atom.